The molecule has 0 amide bonds. The first-order valence-electron chi connectivity index (χ1n) is 9.83. The summed E-state index contributed by atoms with van der Waals surface area (Å²) >= 11 is 6.22. The first kappa shape index (κ1) is 26.3. The minimum absolute atomic E-state index is 0.00495. The Morgan fingerprint density at radius 3 is 2.42 bits per heavy atom. The highest BCUT2D eigenvalue weighted by Gasteiger charge is 2.20. The van der Waals surface area contributed by atoms with Crippen molar-refractivity contribution in [3.63, 3.8) is 0 Å². The summed E-state index contributed by atoms with van der Waals surface area (Å²) in [5.74, 6) is -1.28. The number of benzene rings is 1. The van der Waals surface area contributed by atoms with Gasteiger partial charge in [-0.1, -0.05) is 17.7 Å². The zero-order chi connectivity index (χ0) is 24.6. The molecule has 0 fully saturated rings. The molecule has 180 valence electrons. The van der Waals surface area contributed by atoms with Gasteiger partial charge in [0.1, 0.15) is 12.4 Å². The minimum Gasteiger partial charge on any atom is -0.486 e. The highest BCUT2D eigenvalue weighted by atomic mass is 35.5. The lowest BCUT2D eigenvalue weighted by molar-refractivity contribution is -0.137. The van der Waals surface area contributed by atoms with E-state index in [0.717, 1.165) is 11.3 Å². The molecule has 0 aliphatic rings. The average molecular weight is 484 g/mol. The van der Waals surface area contributed by atoms with E-state index in [4.69, 9.17) is 46.9 Å². The Morgan fingerprint density at radius 1 is 1.24 bits per heavy atom. The monoisotopic (exact) mass is 483 g/mol. The van der Waals surface area contributed by atoms with Crippen molar-refractivity contribution >= 4 is 28.7 Å². The summed E-state index contributed by atoms with van der Waals surface area (Å²) < 4.78 is 12.1. The Morgan fingerprint density at radius 2 is 1.91 bits per heavy atom. The number of carboxylic acid groups (broad SMARTS) is 1. The molecule has 0 bridgehead atoms. The third-order valence-corrected chi connectivity index (χ3v) is 4.86. The molecule has 1 aromatic carbocycles. The normalized spacial score (nSPS) is 11.2. The van der Waals surface area contributed by atoms with Crippen molar-refractivity contribution in [2.75, 3.05) is 19.8 Å². The topological polar surface area (TPSA) is 181 Å². The van der Waals surface area contributed by atoms with Crippen LogP contribution in [-0.2, 0) is 17.9 Å². The number of rotatable bonds is 9. The predicted octanol–water partition coefficient (Wildman–Crippen LogP) is 0.666. The smallest absolute Gasteiger partial charge is 0.419 e. The second-order valence-electron chi connectivity index (χ2n) is 7.37. The van der Waals surface area contributed by atoms with Crippen LogP contribution in [0, 0.1) is 6.92 Å². The van der Waals surface area contributed by atoms with Gasteiger partial charge in [-0.3, -0.25) is 14.3 Å². The second kappa shape index (κ2) is 11.8. The number of carboxylic acids is 1. The van der Waals surface area contributed by atoms with E-state index in [-0.39, 0.29) is 25.2 Å². The number of pyridine rings is 1. The van der Waals surface area contributed by atoms with Gasteiger partial charge in [-0.05, 0) is 24.6 Å². The number of oxazole rings is 1. The van der Waals surface area contributed by atoms with Crippen molar-refractivity contribution in [3.8, 4) is 5.75 Å². The number of aromatic nitrogens is 2. The van der Waals surface area contributed by atoms with Crippen molar-refractivity contribution in [1.82, 2.24) is 9.55 Å². The van der Waals surface area contributed by atoms with Gasteiger partial charge in [0.15, 0.2) is 5.58 Å². The number of ether oxygens (including phenoxy) is 1. The molecule has 11 nitrogen and oxygen atoms in total. The summed E-state index contributed by atoms with van der Waals surface area (Å²) in [6, 6.07) is 6.83. The van der Waals surface area contributed by atoms with E-state index in [1.165, 1.54) is 16.7 Å². The lowest BCUT2D eigenvalue weighted by atomic mass is 10.1. The molecule has 33 heavy (non-hydrogen) atoms. The molecule has 0 atom stereocenters. The summed E-state index contributed by atoms with van der Waals surface area (Å²) in [5.41, 5.74) is 6.44. The minimum atomic E-state index is -1.21. The van der Waals surface area contributed by atoms with Crippen LogP contribution in [0.5, 0.6) is 5.75 Å². The Balaban J connectivity index is 0.000000414. The van der Waals surface area contributed by atoms with Gasteiger partial charge in [0.05, 0.1) is 48.0 Å². The number of hydrogen-bond acceptors (Lipinski definition) is 9. The largest absolute Gasteiger partial charge is 0.486 e. The lowest BCUT2D eigenvalue weighted by Gasteiger charge is -2.20. The number of fused-ring (bicyclic) bond motifs is 1. The number of aliphatic hydroxyl groups excluding tert-OH is 3. The Kier molecular flexibility index (Phi) is 9.38. The predicted molar refractivity (Wildman–Crippen MR) is 119 cm³/mol. The van der Waals surface area contributed by atoms with Gasteiger partial charge in [-0.15, -0.1) is 0 Å². The van der Waals surface area contributed by atoms with Crippen LogP contribution in [0.2, 0.25) is 5.02 Å². The molecule has 0 unspecified atom stereocenters. The van der Waals surface area contributed by atoms with Gasteiger partial charge in [0, 0.05) is 18.8 Å². The Labute approximate surface area is 193 Å². The van der Waals surface area contributed by atoms with Gasteiger partial charge in [-0.2, -0.15) is 0 Å². The first-order chi connectivity index (χ1) is 15.6. The summed E-state index contributed by atoms with van der Waals surface area (Å²) in [6.45, 7) is 0.958. The highest BCUT2D eigenvalue weighted by molar-refractivity contribution is 6.32. The maximum Gasteiger partial charge on any atom is 0.419 e. The van der Waals surface area contributed by atoms with E-state index < -0.39 is 37.1 Å². The molecular weight excluding hydrogens is 458 g/mol. The molecule has 12 heteroatoms. The summed E-state index contributed by atoms with van der Waals surface area (Å²) in [5, 5.41) is 34.1. The number of nitrogens with zero attached hydrogens (tertiary/aromatic N) is 2. The molecule has 2 aromatic heterocycles. The molecule has 0 aliphatic heterocycles. The molecule has 0 radical (unpaired) electrons. The van der Waals surface area contributed by atoms with Crippen molar-refractivity contribution in [2.45, 2.75) is 32.0 Å². The highest BCUT2D eigenvalue weighted by Crippen LogP contribution is 2.30. The number of nitrogens with two attached hydrogens (primary N) is 1. The molecular formula is C21H26ClN3O8. The van der Waals surface area contributed by atoms with Gasteiger partial charge in [-0.25, -0.2) is 4.79 Å². The van der Waals surface area contributed by atoms with E-state index >= 15 is 0 Å². The molecule has 0 saturated heterocycles. The number of carbonyl (C=O) groups is 1. The average Bonchev–Trinajstić information content (AvgIpc) is 3.10. The molecule has 3 aromatic rings. The third-order valence-electron chi connectivity index (χ3n) is 4.56. The van der Waals surface area contributed by atoms with Gasteiger partial charge in [0.25, 0.3) is 0 Å². The van der Waals surface area contributed by atoms with Crippen LogP contribution in [0.25, 0.3) is 11.1 Å². The first-order valence-corrected chi connectivity index (χ1v) is 10.2. The fourth-order valence-corrected chi connectivity index (χ4v) is 2.69. The SMILES string of the molecule is Cc1ccc(COc2cc3oc(=O)n(CCC(=O)O)c3cc2Cl)nc1.NC(CO)(CO)CO. The van der Waals surface area contributed by atoms with Gasteiger partial charge >= 0.3 is 11.7 Å². The van der Waals surface area contributed by atoms with Crippen LogP contribution in [0.15, 0.2) is 39.7 Å². The lowest BCUT2D eigenvalue weighted by Crippen LogP contribution is -2.50. The van der Waals surface area contributed by atoms with Gasteiger partial charge < -0.3 is 35.3 Å². The zero-order valence-electron chi connectivity index (χ0n) is 17.9. The fraction of sp³-hybridized carbons (Fsp3) is 0.381. The number of halogens is 1. The number of aliphatic carboxylic acids is 1. The van der Waals surface area contributed by atoms with Crippen LogP contribution >= 0.6 is 11.6 Å². The van der Waals surface area contributed by atoms with Crippen LogP contribution in [-0.4, -0.2) is 61.3 Å². The van der Waals surface area contributed by atoms with E-state index in [9.17, 15) is 9.59 Å². The van der Waals surface area contributed by atoms with E-state index in [2.05, 4.69) is 4.98 Å². The van der Waals surface area contributed by atoms with Crippen molar-refractivity contribution < 1.29 is 34.4 Å². The molecule has 2 heterocycles. The maximum atomic E-state index is 11.9. The molecule has 0 spiro atoms. The Bertz CT molecular complexity index is 1110. The van der Waals surface area contributed by atoms with E-state index in [0.29, 0.717) is 16.3 Å². The van der Waals surface area contributed by atoms with Crippen LogP contribution in [0.3, 0.4) is 0 Å². The van der Waals surface area contributed by atoms with Crippen molar-refractivity contribution in [2.24, 2.45) is 5.73 Å². The zero-order valence-corrected chi connectivity index (χ0v) is 18.7. The van der Waals surface area contributed by atoms with E-state index in [1.807, 2.05) is 19.1 Å². The molecule has 0 aliphatic carbocycles. The van der Waals surface area contributed by atoms with Crippen molar-refractivity contribution in [1.29, 1.82) is 0 Å². The maximum absolute atomic E-state index is 11.9. The molecule has 0 saturated carbocycles. The van der Waals surface area contributed by atoms with E-state index in [1.54, 1.807) is 6.20 Å². The summed E-state index contributed by atoms with van der Waals surface area (Å²) in [7, 11) is 0. The summed E-state index contributed by atoms with van der Waals surface area (Å²) in [4.78, 5) is 26.8. The number of aliphatic hydroxyl groups is 3. The van der Waals surface area contributed by atoms with Crippen LogP contribution < -0.4 is 16.2 Å². The third kappa shape index (κ3) is 7.27. The molecule has 3 rings (SSSR count). The van der Waals surface area contributed by atoms with Gasteiger partial charge in [0.2, 0.25) is 0 Å². The molecule has 6 N–H and O–H groups in total. The number of hydrogen-bond donors (Lipinski definition) is 5. The standard InChI is InChI=1S/C17H15ClN2O5.C4H11NO3/c1-10-2-3-11(19-8-10)9-24-14-7-15-13(6-12(14)18)20(17(23)25-15)5-4-16(21)22;5-4(1-6,2-7)3-8/h2-3,6-8H,4-5,9H2,1H3,(H,21,22);6-8H,1-3,5H2. The quantitative estimate of drug-likeness (QED) is 0.290. The fourth-order valence-electron chi connectivity index (χ4n) is 2.48. The number of aryl methyl sites for hydroxylation is 2. The second-order valence-corrected chi connectivity index (χ2v) is 7.77. The van der Waals surface area contributed by atoms with Crippen LogP contribution in [0.4, 0.5) is 0 Å². The summed E-state index contributed by atoms with van der Waals surface area (Å²) in [6.07, 6.45) is 1.55. The van der Waals surface area contributed by atoms with Crippen LogP contribution in [0.1, 0.15) is 17.7 Å². The Hall–Kier alpha value is -2.96. The van der Waals surface area contributed by atoms with Crippen molar-refractivity contribution in [3.05, 3.63) is 57.3 Å².